The molecule has 0 bridgehead atoms. The second-order valence-corrected chi connectivity index (χ2v) is 22.8. The monoisotopic (exact) mass is 993 g/mol. The van der Waals surface area contributed by atoms with Crippen molar-refractivity contribution >= 4 is 94.2 Å². The summed E-state index contributed by atoms with van der Waals surface area (Å²) in [6.07, 6.45) is 0. The second kappa shape index (κ2) is 17.6. The molecule has 76 heavy (non-hydrogen) atoms. The highest BCUT2D eigenvalue weighted by Crippen LogP contribution is 2.42. The molecule has 4 aromatic heterocycles. The van der Waals surface area contributed by atoms with Gasteiger partial charge in [-0.05, 0) is 75.3 Å². The quantitative estimate of drug-likeness (QED) is 0.107. The standard InChI is InChI=1S/C69H46N6Si/c1-5-25-48(26-6-1)73-60-39-18-17-38-57(60)58-45-59(66(46-65(58)73)74-61-40-19-13-34-53(61)54-35-14-20-41-62(54)74)68-70-67(71-69(72-68)75-63-42-21-15-36-55(63)56-37-16-22-43-64(56)75)47-24-23-33-52(44-47)76(49-27-7-2-8-28-49,50-29-9-3-10-30-50)51-31-11-4-12-32-51/h1-46H/i13D,14D,19D,34D,35D,40D,41D. The van der Waals surface area contributed by atoms with E-state index in [2.05, 4.69) is 155 Å². The molecule has 0 saturated heterocycles. The van der Waals surface area contributed by atoms with E-state index >= 15 is 0 Å². The van der Waals surface area contributed by atoms with Gasteiger partial charge in [-0.1, -0.05) is 224 Å². The molecule has 0 atom stereocenters. The largest absolute Gasteiger partial charge is 0.309 e. The third kappa shape index (κ3) is 6.69. The smallest absolute Gasteiger partial charge is 0.238 e. The SMILES string of the molecule is [2H]c1cc([2H])c2c(c1[2H])c1c([2H])c([2H])c([2H])c([2H])c1n2-c1cc2c(cc1-c1nc(-c3cccc([Si](c4ccccc4)(c4ccccc4)c4ccccc4)c3)nc(-n3c4ccccc4c4ccccc43)n1)c1ccccc1n2-c1ccccc1. The van der Waals surface area contributed by atoms with Crippen LogP contribution in [0.3, 0.4) is 0 Å². The highest BCUT2D eigenvalue weighted by molar-refractivity contribution is 7.19. The molecular weight excluding hydrogens is 941 g/mol. The Balaban J connectivity index is 1.11. The van der Waals surface area contributed by atoms with Crippen LogP contribution in [-0.2, 0) is 0 Å². The molecule has 11 aromatic carbocycles. The Labute approximate surface area is 449 Å². The minimum absolute atomic E-state index is 0.0373. The van der Waals surface area contributed by atoms with E-state index in [0.29, 0.717) is 23.0 Å². The van der Waals surface area contributed by atoms with Gasteiger partial charge in [0.1, 0.15) is 0 Å². The average molecular weight is 994 g/mol. The van der Waals surface area contributed by atoms with Crippen LogP contribution in [0.5, 0.6) is 0 Å². The molecule has 0 radical (unpaired) electrons. The van der Waals surface area contributed by atoms with Crippen molar-refractivity contribution in [1.82, 2.24) is 28.7 Å². The van der Waals surface area contributed by atoms with E-state index in [9.17, 15) is 5.48 Å². The van der Waals surface area contributed by atoms with E-state index in [4.69, 9.17) is 19.1 Å². The summed E-state index contributed by atoms with van der Waals surface area (Å²) < 4.78 is 71.1. The normalized spacial score (nSPS) is 13.2. The van der Waals surface area contributed by atoms with Gasteiger partial charge in [-0.2, -0.15) is 9.97 Å². The van der Waals surface area contributed by atoms with E-state index in [1.807, 2.05) is 84.9 Å². The molecule has 6 nitrogen and oxygen atoms in total. The van der Waals surface area contributed by atoms with Gasteiger partial charge in [-0.3, -0.25) is 4.57 Å². The van der Waals surface area contributed by atoms with Crippen molar-refractivity contribution in [2.45, 2.75) is 0 Å². The maximum absolute atomic E-state index is 9.70. The van der Waals surface area contributed by atoms with Crippen LogP contribution in [0.2, 0.25) is 0 Å². The summed E-state index contributed by atoms with van der Waals surface area (Å²) in [7, 11) is -3.08. The first-order valence-corrected chi connectivity index (χ1v) is 27.3. The molecule has 15 aromatic rings. The van der Waals surface area contributed by atoms with Gasteiger partial charge in [0.2, 0.25) is 5.95 Å². The average Bonchev–Trinajstić information content (AvgIpc) is 3.56. The van der Waals surface area contributed by atoms with Crippen molar-refractivity contribution in [2.24, 2.45) is 0 Å². The molecule has 0 fully saturated rings. The van der Waals surface area contributed by atoms with E-state index in [1.165, 1.54) is 21.6 Å². The molecule has 0 unspecified atom stereocenters. The van der Waals surface area contributed by atoms with Crippen LogP contribution in [0.4, 0.5) is 0 Å². The van der Waals surface area contributed by atoms with Gasteiger partial charge in [-0.25, -0.2) is 4.98 Å². The molecule has 0 aliphatic rings. The summed E-state index contributed by atoms with van der Waals surface area (Å²) in [5, 5.41) is 8.63. The molecule has 356 valence electrons. The van der Waals surface area contributed by atoms with Crippen molar-refractivity contribution in [3.8, 4) is 40.1 Å². The molecule has 7 heteroatoms. The molecular formula is C69H46N6Si. The fourth-order valence-corrected chi connectivity index (χ4v) is 16.5. The Morgan fingerprint density at radius 3 is 1.45 bits per heavy atom. The zero-order valence-corrected chi connectivity index (χ0v) is 41.7. The first-order chi connectivity index (χ1) is 40.6. The van der Waals surface area contributed by atoms with Gasteiger partial charge >= 0.3 is 0 Å². The zero-order valence-electron chi connectivity index (χ0n) is 47.7. The lowest BCUT2D eigenvalue weighted by atomic mass is 10.1. The second-order valence-electron chi connectivity index (χ2n) is 19.0. The molecule has 0 saturated carbocycles. The highest BCUT2D eigenvalue weighted by Gasteiger charge is 2.41. The number of benzene rings is 11. The Morgan fingerprint density at radius 2 is 0.816 bits per heavy atom. The van der Waals surface area contributed by atoms with Crippen LogP contribution in [0.25, 0.3) is 106 Å². The molecule has 15 rings (SSSR count). The maximum Gasteiger partial charge on any atom is 0.238 e. The number of hydrogen-bond acceptors (Lipinski definition) is 3. The van der Waals surface area contributed by atoms with E-state index in [1.54, 1.807) is 4.57 Å². The topological polar surface area (TPSA) is 53.5 Å². The Morgan fingerprint density at radius 1 is 0.316 bits per heavy atom. The number of rotatable bonds is 9. The van der Waals surface area contributed by atoms with E-state index in [-0.39, 0.29) is 57.8 Å². The van der Waals surface area contributed by atoms with E-state index in [0.717, 1.165) is 60.0 Å². The molecule has 0 N–H and O–H groups in total. The molecule has 0 aliphatic heterocycles. The van der Waals surface area contributed by atoms with Gasteiger partial charge in [0.05, 0.1) is 48.4 Å². The summed E-state index contributed by atoms with van der Waals surface area (Å²) >= 11 is 0. The van der Waals surface area contributed by atoms with Gasteiger partial charge in [-0.15, -0.1) is 0 Å². The van der Waals surface area contributed by atoms with E-state index < -0.39 is 20.2 Å². The van der Waals surface area contributed by atoms with Crippen LogP contribution in [-0.4, -0.2) is 36.7 Å². The lowest BCUT2D eigenvalue weighted by Gasteiger charge is -2.34. The summed E-state index contributed by atoms with van der Waals surface area (Å²) in [4.78, 5) is 16.7. The van der Waals surface area contributed by atoms with Crippen LogP contribution in [0.1, 0.15) is 9.60 Å². The first-order valence-electron chi connectivity index (χ1n) is 28.8. The van der Waals surface area contributed by atoms with Crippen molar-refractivity contribution in [2.75, 3.05) is 0 Å². The predicted molar refractivity (Wildman–Crippen MR) is 317 cm³/mol. The predicted octanol–water partition coefficient (Wildman–Crippen LogP) is 13.9. The summed E-state index contributed by atoms with van der Waals surface area (Å²) in [5.74, 6) is 0.955. The minimum Gasteiger partial charge on any atom is -0.309 e. The van der Waals surface area contributed by atoms with Crippen molar-refractivity contribution in [1.29, 1.82) is 0 Å². The Kier molecular flexibility index (Phi) is 8.55. The minimum atomic E-state index is -3.08. The zero-order chi connectivity index (χ0) is 56.3. The molecule has 0 amide bonds. The van der Waals surface area contributed by atoms with Gasteiger partial charge in [0.15, 0.2) is 19.7 Å². The Bertz CT molecular complexity index is 4980. The van der Waals surface area contributed by atoms with Gasteiger partial charge in [0, 0.05) is 49.1 Å². The van der Waals surface area contributed by atoms with Crippen LogP contribution in [0.15, 0.2) is 279 Å². The molecule has 0 aliphatic carbocycles. The maximum atomic E-state index is 9.70. The summed E-state index contributed by atoms with van der Waals surface area (Å²) in [6.45, 7) is 0. The lowest BCUT2D eigenvalue weighted by molar-refractivity contribution is 0.952. The summed E-state index contributed by atoms with van der Waals surface area (Å²) in [6, 6.07) is 78.4. The van der Waals surface area contributed by atoms with Crippen LogP contribution in [0, 0.1) is 0 Å². The highest BCUT2D eigenvalue weighted by atomic mass is 28.3. The number of fused-ring (bicyclic) bond motifs is 9. The van der Waals surface area contributed by atoms with Crippen molar-refractivity contribution in [3.63, 3.8) is 0 Å². The van der Waals surface area contributed by atoms with Crippen molar-refractivity contribution in [3.05, 3.63) is 279 Å². The van der Waals surface area contributed by atoms with Crippen molar-refractivity contribution < 1.29 is 9.60 Å². The Hall–Kier alpha value is -9.95. The fourth-order valence-electron chi connectivity index (χ4n) is 11.7. The molecule has 4 heterocycles. The van der Waals surface area contributed by atoms with Gasteiger partial charge in [0.25, 0.3) is 0 Å². The van der Waals surface area contributed by atoms with Crippen LogP contribution >= 0.6 is 0 Å². The third-order valence-electron chi connectivity index (χ3n) is 14.9. The third-order valence-corrected chi connectivity index (χ3v) is 19.7. The number of para-hydroxylation sites is 6. The molecule has 0 spiro atoms. The lowest BCUT2D eigenvalue weighted by Crippen LogP contribution is -2.74. The number of aromatic nitrogens is 6. The number of hydrogen-bond donors (Lipinski definition) is 0. The number of nitrogens with zero attached hydrogens (tertiary/aromatic N) is 6. The summed E-state index contributed by atoms with van der Waals surface area (Å²) in [5.41, 5.74) is 6.08. The first kappa shape index (κ1) is 36.9. The van der Waals surface area contributed by atoms with Crippen LogP contribution < -0.4 is 20.7 Å². The van der Waals surface area contributed by atoms with Gasteiger partial charge < -0.3 is 9.13 Å². The fraction of sp³-hybridized carbons (Fsp3) is 0.